The molecule has 0 aliphatic heterocycles. The van der Waals surface area contributed by atoms with Gasteiger partial charge in [-0.15, -0.1) is 0 Å². The lowest BCUT2D eigenvalue weighted by molar-refractivity contribution is 0.178. The smallest absolute Gasteiger partial charge is 0.119 e. The number of hydrogen-bond acceptors (Lipinski definition) is 3. The van der Waals surface area contributed by atoms with Crippen LogP contribution in [0.5, 0.6) is 11.5 Å². The number of rotatable bonds is 5. The first-order valence-corrected chi connectivity index (χ1v) is 6.37. The maximum Gasteiger partial charge on any atom is 0.119 e. The summed E-state index contributed by atoms with van der Waals surface area (Å²) in [7, 11) is 0. The highest BCUT2D eigenvalue weighted by molar-refractivity contribution is 5.31. The number of benzene rings is 2. The molecule has 2 rings (SSSR count). The maximum atomic E-state index is 10.2. The molecule has 2 N–H and O–H groups in total. The Morgan fingerprint density at radius 3 is 2.47 bits per heavy atom. The van der Waals surface area contributed by atoms with Gasteiger partial charge < -0.3 is 14.9 Å². The monoisotopic (exact) mass is 258 g/mol. The van der Waals surface area contributed by atoms with Crippen LogP contribution in [0.2, 0.25) is 0 Å². The second kappa shape index (κ2) is 6.25. The minimum atomic E-state index is -0.586. The third kappa shape index (κ3) is 3.73. The highest BCUT2D eigenvalue weighted by Gasteiger charge is 2.09. The predicted octanol–water partition coefficient (Wildman–Crippen LogP) is 3.07. The van der Waals surface area contributed by atoms with E-state index in [4.69, 9.17) is 4.74 Å². The van der Waals surface area contributed by atoms with Gasteiger partial charge in [-0.1, -0.05) is 24.3 Å². The Bertz CT molecular complexity index is 520. The van der Waals surface area contributed by atoms with Crippen molar-refractivity contribution in [1.82, 2.24) is 0 Å². The molecule has 2 aromatic rings. The third-order valence-electron chi connectivity index (χ3n) is 2.92. The third-order valence-corrected chi connectivity index (χ3v) is 2.92. The molecule has 19 heavy (non-hydrogen) atoms. The fraction of sp³-hybridized carbons (Fsp3) is 0.250. The van der Waals surface area contributed by atoms with Crippen molar-refractivity contribution in [2.75, 3.05) is 6.61 Å². The lowest BCUT2D eigenvalue weighted by Gasteiger charge is -2.12. The Morgan fingerprint density at radius 1 is 1.11 bits per heavy atom. The van der Waals surface area contributed by atoms with Crippen molar-refractivity contribution < 1.29 is 14.9 Å². The molecule has 0 aromatic heterocycles. The number of phenols is 1. The van der Waals surface area contributed by atoms with E-state index in [1.54, 1.807) is 18.2 Å². The molecule has 2 aromatic carbocycles. The summed E-state index contributed by atoms with van der Waals surface area (Å²) in [5.74, 6) is 1.02. The Labute approximate surface area is 113 Å². The zero-order valence-electron chi connectivity index (χ0n) is 10.9. The summed E-state index contributed by atoms with van der Waals surface area (Å²) in [6.45, 7) is 2.57. The summed E-state index contributed by atoms with van der Waals surface area (Å²) in [4.78, 5) is 0. The molecule has 1 unspecified atom stereocenters. The van der Waals surface area contributed by atoms with Gasteiger partial charge in [0, 0.05) is 6.42 Å². The predicted molar refractivity (Wildman–Crippen MR) is 74.4 cm³/mol. The van der Waals surface area contributed by atoms with Gasteiger partial charge in [-0.3, -0.25) is 0 Å². The van der Waals surface area contributed by atoms with Gasteiger partial charge >= 0.3 is 0 Å². The van der Waals surface area contributed by atoms with Crippen LogP contribution in [0.15, 0.2) is 48.5 Å². The van der Waals surface area contributed by atoms with Crippen molar-refractivity contribution in [2.45, 2.75) is 19.4 Å². The molecule has 0 aliphatic carbocycles. The standard InChI is InChI=1S/C16H18O3/c1-2-19-15-8-6-13(7-9-15)16(18)11-12-4-3-5-14(17)10-12/h3-10,16-18H,2,11H2,1H3. The van der Waals surface area contributed by atoms with E-state index in [1.807, 2.05) is 37.3 Å². The van der Waals surface area contributed by atoms with Crippen molar-refractivity contribution in [2.24, 2.45) is 0 Å². The van der Waals surface area contributed by atoms with Gasteiger partial charge in [-0.25, -0.2) is 0 Å². The van der Waals surface area contributed by atoms with Crippen LogP contribution in [0.3, 0.4) is 0 Å². The summed E-state index contributed by atoms with van der Waals surface area (Å²) in [5.41, 5.74) is 1.74. The van der Waals surface area contributed by atoms with Gasteiger partial charge in [-0.05, 0) is 42.3 Å². The topological polar surface area (TPSA) is 49.7 Å². The Kier molecular flexibility index (Phi) is 4.42. The second-order valence-corrected chi connectivity index (χ2v) is 4.39. The number of hydrogen-bond donors (Lipinski definition) is 2. The SMILES string of the molecule is CCOc1ccc(C(O)Cc2cccc(O)c2)cc1. The van der Waals surface area contributed by atoms with Gasteiger partial charge in [0.05, 0.1) is 12.7 Å². The van der Waals surface area contributed by atoms with Gasteiger partial charge in [0.25, 0.3) is 0 Å². The van der Waals surface area contributed by atoms with Crippen LogP contribution < -0.4 is 4.74 Å². The van der Waals surface area contributed by atoms with E-state index in [0.717, 1.165) is 16.9 Å². The summed E-state index contributed by atoms with van der Waals surface area (Å²) < 4.78 is 5.36. The van der Waals surface area contributed by atoms with Gasteiger partial charge in [-0.2, -0.15) is 0 Å². The highest BCUT2D eigenvalue weighted by Crippen LogP contribution is 2.22. The minimum Gasteiger partial charge on any atom is -0.508 e. The van der Waals surface area contributed by atoms with Crippen LogP contribution in [0.4, 0.5) is 0 Å². The van der Waals surface area contributed by atoms with E-state index in [-0.39, 0.29) is 5.75 Å². The fourth-order valence-electron chi connectivity index (χ4n) is 1.98. The summed E-state index contributed by atoms with van der Waals surface area (Å²) in [6.07, 6.45) is -0.111. The molecule has 1 atom stereocenters. The molecule has 0 amide bonds. The second-order valence-electron chi connectivity index (χ2n) is 4.39. The lowest BCUT2D eigenvalue weighted by Crippen LogP contribution is -2.02. The number of phenolic OH excluding ortho intramolecular Hbond substituents is 1. The molecule has 0 spiro atoms. The van der Waals surface area contributed by atoms with Crippen molar-refractivity contribution in [3.63, 3.8) is 0 Å². The average molecular weight is 258 g/mol. The average Bonchev–Trinajstić information content (AvgIpc) is 2.40. The van der Waals surface area contributed by atoms with Crippen LogP contribution in [0.25, 0.3) is 0 Å². The normalized spacial score (nSPS) is 12.1. The molecular weight excluding hydrogens is 240 g/mol. The van der Waals surface area contributed by atoms with E-state index in [0.29, 0.717) is 13.0 Å². The number of ether oxygens (including phenoxy) is 1. The maximum absolute atomic E-state index is 10.2. The molecule has 0 radical (unpaired) electrons. The van der Waals surface area contributed by atoms with Crippen molar-refractivity contribution in [3.05, 3.63) is 59.7 Å². The molecule has 0 saturated heterocycles. The zero-order valence-corrected chi connectivity index (χ0v) is 10.9. The van der Waals surface area contributed by atoms with Gasteiger partial charge in [0.2, 0.25) is 0 Å². The molecule has 0 bridgehead atoms. The molecule has 0 saturated carbocycles. The van der Waals surface area contributed by atoms with Crippen molar-refractivity contribution in [3.8, 4) is 11.5 Å². The molecule has 0 heterocycles. The first-order valence-electron chi connectivity index (χ1n) is 6.37. The van der Waals surface area contributed by atoms with Crippen LogP contribution in [-0.4, -0.2) is 16.8 Å². The van der Waals surface area contributed by atoms with E-state index >= 15 is 0 Å². The van der Waals surface area contributed by atoms with E-state index < -0.39 is 6.10 Å². The molecule has 100 valence electrons. The number of aromatic hydroxyl groups is 1. The highest BCUT2D eigenvalue weighted by atomic mass is 16.5. The van der Waals surface area contributed by atoms with Crippen molar-refractivity contribution >= 4 is 0 Å². The molecule has 0 aliphatic rings. The van der Waals surface area contributed by atoms with E-state index in [9.17, 15) is 10.2 Å². The largest absolute Gasteiger partial charge is 0.508 e. The van der Waals surface area contributed by atoms with Gasteiger partial charge in [0.1, 0.15) is 11.5 Å². The van der Waals surface area contributed by atoms with Crippen LogP contribution >= 0.6 is 0 Å². The molecular formula is C16H18O3. The molecule has 3 heteroatoms. The van der Waals surface area contributed by atoms with E-state index in [1.165, 1.54) is 0 Å². The zero-order chi connectivity index (χ0) is 13.7. The Hall–Kier alpha value is -2.00. The summed E-state index contributed by atoms with van der Waals surface area (Å²) in [6, 6.07) is 14.4. The number of aliphatic hydroxyl groups is 1. The molecule has 3 nitrogen and oxygen atoms in total. The van der Waals surface area contributed by atoms with Crippen molar-refractivity contribution in [1.29, 1.82) is 0 Å². The lowest BCUT2D eigenvalue weighted by atomic mass is 10.0. The Balaban J connectivity index is 2.05. The van der Waals surface area contributed by atoms with Gasteiger partial charge in [0.15, 0.2) is 0 Å². The summed E-state index contributed by atoms with van der Waals surface area (Å²) in [5, 5.41) is 19.6. The minimum absolute atomic E-state index is 0.219. The van der Waals surface area contributed by atoms with Crippen LogP contribution in [-0.2, 0) is 6.42 Å². The first kappa shape index (κ1) is 13.4. The molecule has 0 fully saturated rings. The Morgan fingerprint density at radius 2 is 1.84 bits per heavy atom. The number of aliphatic hydroxyl groups excluding tert-OH is 1. The van der Waals surface area contributed by atoms with E-state index in [2.05, 4.69) is 0 Å². The quantitative estimate of drug-likeness (QED) is 0.866. The van der Waals surface area contributed by atoms with Crippen LogP contribution in [0.1, 0.15) is 24.2 Å². The fourth-order valence-corrected chi connectivity index (χ4v) is 1.98. The summed E-state index contributed by atoms with van der Waals surface area (Å²) >= 11 is 0. The van der Waals surface area contributed by atoms with Crippen LogP contribution in [0, 0.1) is 0 Å². The first-order chi connectivity index (χ1) is 9.19.